The van der Waals surface area contributed by atoms with Crippen LogP contribution in [0.15, 0.2) is 48.5 Å². The number of carbonyl (C=O) groups excluding carboxylic acids is 1. The lowest BCUT2D eigenvalue weighted by atomic mass is 10.0. The normalized spacial score (nSPS) is 12.7. The van der Waals surface area contributed by atoms with Crippen LogP contribution in [-0.2, 0) is 4.79 Å². The lowest BCUT2D eigenvalue weighted by molar-refractivity contribution is -1.04. The van der Waals surface area contributed by atoms with Gasteiger partial charge in [0.2, 0.25) is 0 Å². The highest BCUT2D eigenvalue weighted by Gasteiger charge is 2.11. The Kier molecular flexibility index (Phi) is 5.11. The van der Waals surface area contributed by atoms with Crippen molar-refractivity contribution in [1.29, 1.82) is 0 Å². The van der Waals surface area contributed by atoms with Gasteiger partial charge in [-0.2, -0.15) is 5.23 Å². The zero-order valence-electron chi connectivity index (χ0n) is 15.4. The van der Waals surface area contributed by atoms with Crippen LogP contribution in [0, 0.1) is 11.1 Å². The van der Waals surface area contributed by atoms with Gasteiger partial charge in [-0.05, 0) is 65.7 Å². The molecule has 0 spiro atoms. The molecule has 5 heteroatoms. The van der Waals surface area contributed by atoms with Crippen molar-refractivity contribution in [1.82, 2.24) is 0 Å². The topological polar surface area (TPSA) is 63.0 Å². The van der Waals surface area contributed by atoms with Crippen LogP contribution >= 0.6 is 0 Å². The number of fused-ring (bicyclic) bond motifs is 3. The number of quaternary nitrogens is 1. The fourth-order valence-electron chi connectivity index (χ4n) is 2.62. The van der Waals surface area contributed by atoms with Gasteiger partial charge >= 0.3 is 5.97 Å². The second kappa shape index (κ2) is 7.32. The first-order chi connectivity index (χ1) is 12.3. The minimum Gasteiger partial charge on any atom is -0.591 e. The molecule has 5 nitrogen and oxygen atoms in total. The highest BCUT2D eigenvalue weighted by molar-refractivity contribution is 6.08. The Morgan fingerprint density at radius 2 is 1.42 bits per heavy atom. The maximum absolute atomic E-state index is 11.8. The molecule has 0 saturated carbocycles. The molecule has 0 heterocycles. The van der Waals surface area contributed by atoms with Gasteiger partial charge in [0.05, 0.1) is 5.92 Å². The van der Waals surface area contributed by atoms with E-state index in [2.05, 4.69) is 0 Å². The van der Waals surface area contributed by atoms with E-state index in [9.17, 15) is 10.0 Å². The van der Waals surface area contributed by atoms with E-state index in [0.717, 1.165) is 21.5 Å². The monoisotopic (exact) mass is 353 g/mol. The zero-order chi connectivity index (χ0) is 18.8. The van der Waals surface area contributed by atoms with Crippen LogP contribution in [0.1, 0.15) is 27.7 Å². The summed E-state index contributed by atoms with van der Waals surface area (Å²) in [6.45, 7) is 7.22. The molecule has 0 aliphatic heterocycles. The molecule has 3 aromatic carbocycles. The summed E-state index contributed by atoms with van der Waals surface area (Å²) < 4.78 is 5.38. The summed E-state index contributed by atoms with van der Waals surface area (Å²) in [7, 11) is 0. The first-order valence-corrected chi connectivity index (χ1v) is 8.75. The van der Waals surface area contributed by atoms with E-state index in [1.165, 1.54) is 0 Å². The zero-order valence-corrected chi connectivity index (χ0v) is 15.4. The average molecular weight is 353 g/mol. The summed E-state index contributed by atoms with van der Waals surface area (Å²) >= 11 is 0. The van der Waals surface area contributed by atoms with Gasteiger partial charge < -0.3 is 14.8 Å². The van der Waals surface area contributed by atoms with E-state index >= 15 is 0 Å². The number of hydrogen-bond donors (Lipinski definition) is 1. The Hall–Kier alpha value is -2.63. The van der Waals surface area contributed by atoms with Gasteiger partial charge in [0.15, 0.2) is 5.75 Å². The van der Waals surface area contributed by atoms with Crippen molar-refractivity contribution < 1.29 is 19.6 Å². The minimum absolute atomic E-state index is 0.172. The van der Waals surface area contributed by atoms with Crippen LogP contribution in [0.4, 0.5) is 0 Å². The van der Waals surface area contributed by atoms with Crippen molar-refractivity contribution in [2.45, 2.75) is 33.7 Å². The van der Waals surface area contributed by atoms with Gasteiger partial charge in [-0.15, -0.1) is 0 Å². The van der Waals surface area contributed by atoms with Crippen LogP contribution in [-0.4, -0.2) is 12.0 Å². The number of esters is 1. The number of benzene rings is 3. The molecule has 3 aromatic rings. The summed E-state index contributed by atoms with van der Waals surface area (Å²) in [6, 6.07) is 15.0. The SMILES string of the molecule is CC(C)C(=O)Oc1ccc2c(ccc3cc(O[NH+]([O-])C(C)C)ccc32)c1. The molecule has 1 N–H and O–H groups in total. The van der Waals surface area contributed by atoms with Crippen LogP contribution in [0.5, 0.6) is 11.5 Å². The predicted molar refractivity (Wildman–Crippen MR) is 102 cm³/mol. The van der Waals surface area contributed by atoms with E-state index in [1.807, 2.05) is 36.4 Å². The Balaban J connectivity index is 1.94. The largest absolute Gasteiger partial charge is 0.591 e. The summed E-state index contributed by atoms with van der Waals surface area (Å²) in [5.74, 6) is 0.659. The van der Waals surface area contributed by atoms with E-state index in [0.29, 0.717) is 11.5 Å². The second-order valence-corrected chi connectivity index (χ2v) is 6.98. The molecular weight excluding hydrogens is 330 g/mol. The third kappa shape index (κ3) is 3.79. The number of nitrogens with one attached hydrogen (secondary N) is 1. The Bertz CT molecular complexity index is 949. The molecule has 0 aromatic heterocycles. The molecule has 0 radical (unpaired) electrons. The first-order valence-electron chi connectivity index (χ1n) is 8.75. The van der Waals surface area contributed by atoms with E-state index in [4.69, 9.17) is 9.57 Å². The lowest BCUT2D eigenvalue weighted by Gasteiger charge is -2.24. The molecule has 0 aliphatic carbocycles. The van der Waals surface area contributed by atoms with Gasteiger partial charge in [-0.25, -0.2) is 0 Å². The second-order valence-electron chi connectivity index (χ2n) is 6.98. The summed E-state index contributed by atoms with van der Waals surface area (Å²) in [5.41, 5.74) is 0. The third-order valence-electron chi connectivity index (χ3n) is 4.16. The number of carbonyl (C=O) groups is 1. The molecule has 1 unspecified atom stereocenters. The van der Waals surface area contributed by atoms with Gasteiger partial charge in [0, 0.05) is 0 Å². The van der Waals surface area contributed by atoms with Crippen molar-refractivity contribution in [2.75, 3.05) is 0 Å². The van der Waals surface area contributed by atoms with Crippen molar-refractivity contribution >= 4 is 27.5 Å². The van der Waals surface area contributed by atoms with Crippen LogP contribution < -0.4 is 14.8 Å². The third-order valence-corrected chi connectivity index (χ3v) is 4.16. The summed E-state index contributed by atoms with van der Waals surface area (Å²) in [4.78, 5) is 17.2. The summed E-state index contributed by atoms with van der Waals surface area (Å²) in [5, 5.41) is 15.6. The van der Waals surface area contributed by atoms with Gasteiger partial charge in [-0.1, -0.05) is 32.0 Å². The van der Waals surface area contributed by atoms with E-state index < -0.39 is 0 Å². The molecule has 0 fully saturated rings. The number of rotatable bonds is 5. The highest BCUT2D eigenvalue weighted by atomic mass is 16.9. The molecule has 1 atom stereocenters. The fraction of sp³-hybridized carbons (Fsp3) is 0.286. The van der Waals surface area contributed by atoms with Crippen molar-refractivity contribution in [3.63, 3.8) is 0 Å². The first kappa shape index (κ1) is 18.2. The van der Waals surface area contributed by atoms with Gasteiger partial charge in [0.25, 0.3) is 0 Å². The number of hydrogen-bond acceptors (Lipinski definition) is 4. The maximum atomic E-state index is 11.8. The number of hydroxylamine groups is 2. The Morgan fingerprint density at radius 1 is 0.885 bits per heavy atom. The van der Waals surface area contributed by atoms with Gasteiger partial charge in [-0.3, -0.25) is 4.79 Å². The lowest BCUT2D eigenvalue weighted by Crippen LogP contribution is -3.12. The minimum atomic E-state index is -0.248. The molecule has 26 heavy (non-hydrogen) atoms. The van der Waals surface area contributed by atoms with Crippen LogP contribution in [0.2, 0.25) is 0 Å². The van der Waals surface area contributed by atoms with Crippen LogP contribution in [0.3, 0.4) is 0 Å². The molecular formula is C21H23NO4. The quantitative estimate of drug-likeness (QED) is 0.329. The van der Waals surface area contributed by atoms with Crippen molar-refractivity contribution in [2.24, 2.45) is 5.92 Å². The van der Waals surface area contributed by atoms with Crippen LogP contribution in [0.25, 0.3) is 21.5 Å². The van der Waals surface area contributed by atoms with Gasteiger partial charge in [0.1, 0.15) is 11.8 Å². The Labute approximate surface area is 152 Å². The summed E-state index contributed by atoms with van der Waals surface area (Å²) in [6.07, 6.45) is 0. The van der Waals surface area contributed by atoms with E-state index in [1.54, 1.807) is 39.8 Å². The molecule has 0 bridgehead atoms. The number of ether oxygens (including phenoxy) is 1. The maximum Gasteiger partial charge on any atom is 0.313 e. The smallest absolute Gasteiger partial charge is 0.313 e. The fourth-order valence-corrected chi connectivity index (χ4v) is 2.62. The standard InChI is InChI=1S/C21H23NO4/c1-13(2)21(23)25-17-7-9-19-15(11-17)5-6-16-12-18(8-10-20(16)19)26-22(24)14(3)4/h5-14,22H,1-4H3. The Morgan fingerprint density at radius 3 is 1.96 bits per heavy atom. The molecule has 0 amide bonds. The molecule has 136 valence electrons. The van der Waals surface area contributed by atoms with E-state index in [-0.39, 0.29) is 23.2 Å². The average Bonchev–Trinajstić information content (AvgIpc) is 2.61. The predicted octanol–water partition coefficient (Wildman–Crippen LogP) is 3.64. The highest BCUT2D eigenvalue weighted by Crippen LogP contribution is 2.30. The molecule has 3 rings (SSSR count). The van der Waals surface area contributed by atoms with Crippen molar-refractivity contribution in [3.8, 4) is 11.5 Å². The molecule has 0 aliphatic rings. The van der Waals surface area contributed by atoms with Crippen molar-refractivity contribution in [3.05, 3.63) is 53.7 Å². The molecule has 0 saturated heterocycles.